The predicted octanol–water partition coefficient (Wildman–Crippen LogP) is 3.00. The van der Waals surface area contributed by atoms with E-state index in [1.165, 1.54) is 36.4 Å². The number of hydrogen-bond donors (Lipinski definition) is 10. The van der Waals surface area contributed by atoms with Crippen molar-refractivity contribution < 1.29 is 60.5 Å². The van der Waals surface area contributed by atoms with Crippen molar-refractivity contribution in [3.63, 3.8) is 0 Å². The summed E-state index contributed by atoms with van der Waals surface area (Å²) >= 11 is 0. The fraction of sp³-hybridized carbons (Fsp3) is 0.200. The first-order valence-corrected chi connectivity index (χ1v) is 12.8. The Bertz CT molecular complexity index is 1700. The fourth-order valence-corrected chi connectivity index (χ4v) is 5.77. The van der Waals surface area contributed by atoms with E-state index in [1.54, 1.807) is 0 Å². The van der Waals surface area contributed by atoms with Crippen LogP contribution >= 0.6 is 0 Å². The molecule has 0 aromatic heterocycles. The molecule has 42 heavy (non-hydrogen) atoms. The second-order valence-corrected chi connectivity index (χ2v) is 10.4. The number of fused-ring (bicyclic) bond motifs is 2. The van der Waals surface area contributed by atoms with Crippen molar-refractivity contribution in [2.75, 3.05) is 0 Å². The van der Waals surface area contributed by atoms with Gasteiger partial charge >= 0.3 is 0 Å². The van der Waals surface area contributed by atoms with Crippen molar-refractivity contribution in [2.24, 2.45) is 0 Å². The van der Waals surface area contributed by atoms with E-state index in [9.17, 15) is 51.1 Å². The third-order valence-corrected chi connectivity index (χ3v) is 7.60. The summed E-state index contributed by atoms with van der Waals surface area (Å²) in [6.45, 7) is 0. The summed E-state index contributed by atoms with van der Waals surface area (Å²) < 4.78 is 12.1. The Labute approximate surface area is 237 Å². The van der Waals surface area contributed by atoms with Gasteiger partial charge in [0, 0.05) is 52.9 Å². The van der Waals surface area contributed by atoms with Crippen LogP contribution in [0.15, 0.2) is 54.6 Å². The molecule has 0 unspecified atom stereocenters. The molecule has 0 amide bonds. The first kappa shape index (κ1) is 27.0. The van der Waals surface area contributed by atoms with E-state index in [0.29, 0.717) is 0 Å². The summed E-state index contributed by atoms with van der Waals surface area (Å²) in [5, 5.41) is 106. The van der Waals surface area contributed by atoms with Gasteiger partial charge in [-0.15, -0.1) is 0 Å². The van der Waals surface area contributed by atoms with Crippen LogP contribution in [0.2, 0.25) is 0 Å². The largest absolute Gasteiger partial charge is 0.508 e. The van der Waals surface area contributed by atoms with Crippen molar-refractivity contribution in [2.45, 2.75) is 36.8 Å². The Morgan fingerprint density at radius 1 is 0.548 bits per heavy atom. The zero-order valence-corrected chi connectivity index (χ0v) is 21.6. The average Bonchev–Trinajstić information content (AvgIpc) is 2.90. The minimum Gasteiger partial charge on any atom is -0.508 e. The van der Waals surface area contributed by atoms with Gasteiger partial charge in [-0.3, -0.25) is 0 Å². The molecule has 0 saturated carbocycles. The van der Waals surface area contributed by atoms with Gasteiger partial charge in [0.15, 0.2) is 17.6 Å². The van der Waals surface area contributed by atoms with Crippen molar-refractivity contribution in [3.05, 3.63) is 82.4 Å². The SMILES string of the molecule is Oc1cc(O)cc([C@@H]2Oc3cc(O)cc(O)c3[C@@H](c3c(O)cc(O)c4c3O[C@H](c3ccc(O)c(O)c3)[C@H](O)C4)[C@@H]2O)c1. The van der Waals surface area contributed by atoms with E-state index < -0.39 is 59.1 Å². The zero-order chi connectivity index (χ0) is 30.0. The van der Waals surface area contributed by atoms with E-state index in [1.807, 2.05) is 0 Å². The molecule has 0 radical (unpaired) electrons. The van der Waals surface area contributed by atoms with Crippen LogP contribution < -0.4 is 9.47 Å². The van der Waals surface area contributed by atoms with Gasteiger partial charge in [-0.25, -0.2) is 0 Å². The number of phenols is 8. The standard InChI is InChI=1S/C30H26O12/c31-13-3-12(4-14(32)6-13)29-27(40)26(24-20(37)7-15(33)8-23(24)41-29)25-21(38)10-18(35)16-9-22(39)28(42-30(16)25)11-1-2-17(34)19(36)5-11/h1-8,10,22,26-29,31-40H,9H2/t22-,26+,27+,28-,29+/m1/s1. The molecule has 5 atom stereocenters. The van der Waals surface area contributed by atoms with Gasteiger partial charge in [-0.05, 0) is 29.8 Å². The summed E-state index contributed by atoms with van der Waals surface area (Å²) in [7, 11) is 0. The molecule has 2 aliphatic rings. The second-order valence-electron chi connectivity index (χ2n) is 10.4. The molecule has 2 aliphatic heterocycles. The molecule has 2 heterocycles. The molecule has 0 aliphatic carbocycles. The van der Waals surface area contributed by atoms with Crippen molar-refractivity contribution >= 4 is 0 Å². The van der Waals surface area contributed by atoms with Gasteiger partial charge in [0.05, 0.1) is 12.0 Å². The molecule has 218 valence electrons. The van der Waals surface area contributed by atoms with E-state index >= 15 is 0 Å². The maximum absolute atomic E-state index is 11.8. The summed E-state index contributed by atoms with van der Waals surface area (Å²) in [5.74, 6) is -4.92. The van der Waals surface area contributed by atoms with Gasteiger partial charge in [0.2, 0.25) is 0 Å². The summed E-state index contributed by atoms with van der Waals surface area (Å²) in [6.07, 6.45) is -5.53. The number of aliphatic hydroxyl groups excluding tert-OH is 2. The van der Waals surface area contributed by atoms with Crippen LogP contribution in [0.1, 0.15) is 45.9 Å². The Hall–Kier alpha value is -5.20. The Morgan fingerprint density at radius 2 is 1.21 bits per heavy atom. The van der Waals surface area contributed by atoms with Crippen molar-refractivity contribution in [1.82, 2.24) is 0 Å². The fourth-order valence-electron chi connectivity index (χ4n) is 5.77. The molecule has 0 spiro atoms. The Balaban J connectivity index is 1.56. The molecule has 0 saturated heterocycles. The predicted molar refractivity (Wildman–Crippen MR) is 143 cm³/mol. The van der Waals surface area contributed by atoms with Crippen LogP contribution in [0.5, 0.6) is 57.5 Å². The van der Waals surface area contributed by atoms with E-state index in [4.69, 9.17) is 9.47 Å². The summed E-state index contributed by atoms with van der Waals surface area (Å²) in [6, 6.07) is 10.6. The molecule has 4 aromatic rings. The molecule has 6 rings (SSSR count). The van der Waals surface area contributed by atoms with Crippen LogP contribution in [0, 0.1) is 0 Å². The van der Waals surface area contributed by atoms with E-state index in [0.717, 1.165) is 18.2 Å². The Kier molecular flexibility index (Phi) is 6.24. The van der Waals surface area contributed by atoms with E-state index in [-0.39, 0.29) is 63.0 Å². The molecule has 12 nitrogen and oxygen atoms in total. The molecule has 4 aromatic carbocycles. The topological polar surface area (TPSA) is 221 Å². The highest BCUT2D eigenvalue weighted by Gasteiger charge is 2.46. The number of rotatable bonds is 3. The van der Waals surface area contributed by atoms with Crippen molar-refractivity contribution in [1.29, 1.82) is 0 Å². The molecule has 12 heteroatoms. The molecular formula is C30H26O12. The lowest BCUT2D eigenvalue weighted by Gasteiger charge is -2.40. The van der Waals surface area contributed by atoms with Crippen LogP contribution in [0.25, 0.3) is 0 Å². The summed E-state index contributed by atoms with van der Waals surface area (Å²) in [5.41, 5.74) is 0.317. The highest BCUT2D eigenvalue weighted by atomic mass is 16.5. The minimum absolute atomic E-state index is 0.0438. The highest BCUT2D eigenvalue weighted by molar-refractivity contribution is 5.65. The minimum atomic E-state index is -1.62. The lowest BCUT2D eigenvalue weighted by atomic mass is 9.77. The van der Waals surface area contributed by atoms with Crippen molar-refractivity contribution in [3.8, 4) is 57.5 Å². The molecule has 10 N–H and O–H groups in total. The number of benzene rings is 4. The van der Waals surface area contributed by atoms with Gasteiger partial charge in [0.1, 0.15) is 58.2 Å². The van der Waals surface area contributed by atoms with Crippen LogP contribution in [-0.2, 0) is 6.42 Å². The van der Waals surface area contributed by atoms with Gasteiger partial charge in [-0.1, -0.05) is 6.07 Å². The average molecular weight is 579 g/mol. The smallest absolute Gasteiger partial charge is 0.157 e. The van der Waals surface area contributed by atoms with Gasteiger partial charge < -0.3 is 60.5 Å². The third kappa shape index (κ3) is 4.33. The second kappa shape index (κ2) is 9.72. The zero-order valence-electron chi connectivity index (χ0n) is 21.6. The lowest BCUT2D eigenvalue weighted by molar-refractivity contribution is 0.00111. The molecule has 0 fully saturated rings. The number of hydrogen-bond acceptors (Lipinski definition) is 12. The number of aromatic hydroxyl groups is 8. The normalized spacial score (nSPS) is 22.9. The lowest BCUT2D eigenvalue weighted by Crippen LogP contribution is -2.36. The third-order valence-electron chi connectivity index (χ3n) is 7.60. The maximum atomic E-state index is 11.8. The van der Waals surface area contributed by atoms with Crippen LogP contribution in [0.4, 0.5) is 0 Å². The van der Waals surface area contributed by atoms with Gasteiger partial charge in [0.25, 0.3) is 0 Å². The highest BCUT2D eigenvalue weighted by Crippen LogP contribution is 2.57. The van der Waals surface area contributed by atoms with Crippen LogP contribution in [-0.4, -0.2) is 63.3 Å². The quantitative estimate of drug-likeness (QED) is 0.159. The monoisotopic (exact) mass is 578 g/mol. The first-order valence-electron chi connectivity index (χ1n) is 12.8. The number of aliphatic hydroxyl groups is 2. The maximum Gasteiger partial charge on any atom is 0.157 e. The van der Waals surface area contributed by atoms with Crippen LogP contribution in [0.3, 0.4) is 0 Å². The number of phenolic OH excluding ortho intramolecular Hbond substituents is 8. The van der Waals surface area contributed by atoms with Gasteiger partial charge in [-0.2, -0.15) is 0 Å². The number of ether oxygens (including phenoxy) is 2. The Morgan fingerprint density at radius 3 is 1.90 bits per heavy atom. The first-order chi connectivity index (χ1) is 19.9. The molecular weight excluding hydrogens is 552 g/mol. The molecule has 0 bridgehead atoms. The summed E-state index contributed by atoms with van der Waals surface area (Å²) in [4.78, 5) is 0. The van der Waals surface area contributed by atoms with E-state index in [2.05, 4.69) is 0 Å².